The van der Waals surface area contributed by atoms with E-state index in [1.165, 1.54) is 0 Å². The Kier molecular flexibility index (Phi) is 7.76. The first-order chi connectivity index (χ1) is 13.4. The van der Waals surface area contributed by atoms with Crippen LogP contribution < -0.4 is 26.2 Å². The number of aryl methyl sites for hydroxylation is 2. The van der Waals surface area contributed by atoms with Crippen LogP contribution in [0.1, 0.15) is 27.0 Å². The SMILES string of the molecule is COc1ccc(CNC(=S)NNC(=O)CNC(=O)c2ccc(C)c(C)c2)cc1. The summed E-state index contributed by atoms with van der Waals surface area (Å²) in [4.78, 5) is 24.0. The van der Waals surface area contributed by atoms with E-state index < -0.39 is 5.91 Å². The van der Waals surface area contributed by atoms with Crippen LogP contribution in [0.15, 0.2) is 42.5 Å². The van der Waals surface area contributed by atoms with Gasteiger partial charge in [0.15, 0.2) is 5.11 Å². The summed E-state index contributed by atoms with van der Waals surface area (Å²) in [5.74, 6) is 0.0591. The van der Waals surface area contributed by atoms with Crippen LogP contribution in [0.3, 0.4) is 0 Å². The van der Waals surface area contributed by atoms with Crippen molar-refractivity contribution in [2.45, 2.75) is 20.4 Å². The summed E-state index contributed by atoms with van der Waals surface area (Å²) in [7, 11) is 1.61. The number of ether oxygens (including phenoxy) is 1. The van der Waals surface area contributed by atoms with Gasteiger partial charge in [0.05, 0.1) is 13.7 Å². The standard InChI is InChI=1S/C20H24N4O3S/c1-13-4-7-16(10-14(13)2)19(26)21-12-18(25)23-24-20(28)22-11-15-5-8-17(27-3)9-6-15/h4-10H,11-12H2,1-3H3,(H,21,26)(H,23,25)(H2,22,24,28). The highest BCUT2D eigenvalue weighted by molar-refractivity contribution is 7.80. The van der Waals surface area contributed by atoms with Crippen molar-refractivity contribution in [3.05, 3.63) is 64.7 Å². The summed E-state index contributed by atoms with van der Waals surface area (Å²) in [6, 6.07) is 12.9. The quantitative estimate of drug-likeness (QED) is 0.436. The van der Waals surface area contributed by atoms with Gasteiger partial charge in [-0.15, -0.1) is 0 Å². The Balaban J connectivity index is 1.68. The van der Waals surface area contributed by atoms with E-state index in [1.54, 1.807) is 19.2 Å². The first-order valence-corrected chi connectivity index (χ1v) is 9.11. The van der Waals surface area contributed by atoms with Gasteiger partial charge in [-0.1, -0.05) is 18.2 Å². The summed E-state index contributed by atoms with van der Waals surface area (Å²) in [5.41, 5.74) is 8.69. The number of nitrogens with one attached hydrogen (secondary N) is 4. The molecule has 0 atom stereocenters. The molecule has 0 saturated heterocycles. The first-order valence-electron chi connectivity index (χ1n) is 8.70. The molecule has 2 aromatic rings. The average Bonchev–Trinajstić information content (AvgIpc) is 2.71. The van der Waals surface area contributed by atoms with Crippen molar-refractivity contribution < 1.29 is 14.3 Å². The third-order valence-corrected chi connectivity index (χ3v) is 4.35. The molecule has 2 aromatic carbocycles. The molecular weight excluding hydrogens is 376 g/mol. The van der Waals surface area contributed by atoms with E-state index in [-0.39, 0.29) is 17.6 Å². The summed E-state index contributed by atoms with van der Waals surface area (Å²) >= 11 is 5.11. The number of thiocarbonyl (C=S) groups is 1. The van der Waals surface area contributed by atoms with Gasteiger partial charge in [-0.2, -0.15) is 0 Å². The summed E-state index contributed by atoms with van der Waals surface area (Å²) in [5, 5.41) is 5.81. The van der Waals surface area contributed by atoms with Gasteiger partial charge in [0, 0.05) is 12.1 Å². The molecule has 28 heavy (non-hydrogen) atoms. The molecule has 0 fully saturated rings. The zero-order valence-electron chi connectivity index (χ0n) is 16.1. The molecule has 0 aliphatic rings. The molecule has 0 aromatic heterocycles. The molecule has 2 amide bonds. The molecule has 0 bridgehead atoms. The largest absolute Gasteiger partial charge is 0.497 e. The van der Waals surface area contributed by atoms with E-state index in [0.29, 0.717) is 12.1 Å². The Bertz CT molecular complexity index is 853. The van der Waals surface area contributed by atoms with Crippen LogP contribution in [0.5, 0.6) is 5.75 Å². The van der Waals surface area contributed by atoms with Crippen LogP contribution in [-0.2, 0) is 11.3 Å². The number of amides is 2. The molecule has 2 rings (SSSR count). The minimum absolute atomic E-state index is 0.167. The van der Waals surface area contributed by atoms with Crippen molar-refractivity contribution in [3.8, 4) is 5.75 Å². The predicted molar refractivity (Wildman–Crippen MR) is 112 cm³/mol. The maximum Gasteiger partial charge on any atom is 0.257 e. The van der Waals surface area contributed by atoms with E-state index >= 15 is 0 Å². The molecule has 0 radical (unpaired) electrons. The van der Waals surface area contributed by atoms with Crippen LogP contribution in [-0.4, -0.2) is 30.6 Å². The normalized spacial score (nSPS) is 9.96. The lowest BCUT2D eigenvalue weighted by Crippen LogP contribution is -2.49. The summed E-state index contributed by atoms with van der Waals surface area (Å²) in [6.45, 7) is 4.24. The highest BCUT2D eigenvalue weighted by Crippen LogP contribution is 2.11. The molecule has 7 nitrogen and oxygen atoms in total. The number of methoxy groups -OCH3 is 1. The molecule has 148 valence electrons. The van der Waals surface area contributed by atoms with Crippen molar-refractivity contribution in [1.29, 1.82) is 0 Å². The second-order valence-corrected chi connectivity index (χ2v) is 6.59. The zero-order chi connectivity index (χ0) is 20.5. The van der Waals surface area contributed by atoms with Crippen molar-refractivity contribution in [2.24, 2.45) is 0 Å². The highest BCUT2D eigenvalue weighted by atomic mass is 32.1. The van der Waals surface area contributed by atoms with Gasteiger partial charge >= 0.3 is 0 Å². The minimum atomic E-state index is -0.411. The fraction of sp³-hybridized carbons (Fsp3) is 0.250. The minimum Gasteiger partial charge on any atom is -0.497 e. The number of rotatable bonds is 6. The molecule has 0 heterocycles. The summed E-state index contributed by atoms with van der Waals surface area (Å²) < 4.78 is 5.10. The Morgan fingerprint density at radius 1 is 0.964 bits per heavy atom. The third kappa shape index (κ3) is 6.55. The second kappa shape index (κ2) is 10.3. The van der Waals surface area contributed by atoms with Crippen LogP contribution in [0, 0.1) is 13.8 Å². The molecule has 0 saturated carbocycles. The van der Waals surface area contributed by atoms with Gasteiger partial charge < -0.3 is 15.4 Å². The number of hydrogen-bond acceptors (Lipinski definition) is 4. The van der Waals surface area contributed by atoms with E-state index in [0.717, 1.165) is 22.4 Å². The van der Waals surface area contributed by atoms with E-state index in [1.807, 2.05) is 44.2 Å². The lowest BCUT2D eigenvalue weighted by molar-refractivity contribution is -0.120. The molecule has 0 spiro atoms. The maximum absolute atomic E-state index is 12.1. The first kappa shape index (κ1) is 21.2. The molecule has 4 N–H and O–H groups in total. The maximum atomic E-state index is 12.1. The fourth-order valence-corrected chi connectivity index (χ4v) is 2.41. The number of carbonyl (C=O) groups excluding carboxylic acids is 2. The number of benzene rings is 2. The molecule has 0 aliphatic carbocycles. The molecule has 0 aliphatic heterocycles. The smallest absolute Gasteiger partial charge is 0.257 e. The van der Waals surface area contributed by atoms with Gasteiger partial charge in [-0.05, 0) is 67.0 Å². The van der Waals surface area contributed by atoms with E-state index in [4.69, 9.17) is 17.0 Å². The van der Waals surface area contributed by atoms with Gasteiger partial charge in [0.2, 0.25) is 0 Å². The van der Waals surface area contributed by atoms with Gasteiger partial charge in [0.25, 0.3) is 11.8 Å². The van der Waals surface area contributed by atoms with E-state index in [2.05, 4.69) is 21.5 Å². The Morgan fingerprint density at radius 3 is 2.32 bits per heavy atom. The number of carbonyl (C=O) groups is 2. The lowest BCUT2D eigenvalue weighted by atomic mass is 10.1. The van der Waals surface area contributed by atoms with Gasteiger partial charge in [-0.25, -0.2) is 0 Å². The van der Waals surface area contributed by atoms with Crippen molar-refractivity contribution in [3.63, 3.8) is 0 Å². The lowest BCUT2D eigenvalue weighted by Gasteiger charge is -2.12. The van der Waals surface area contributed by atoms with Gasteiger partial charge in [0.1, 0.15) is 5.75 Å². The Hall–Kier alpha value is -3.13. The fourth-order valence-electron chi connectivity index (χ4n) is 2.29. The number of hydrogen-bond donors (Lipinski definition) is 4. The monoisotopic (exact) mass is 400 g/mol. The molecule has 8 heteroatoms. The predicted octanol–water partition coefficient (Wildman–Crippen LogP) is 1.74. The van der Waals surface area contributed by atoms with Gasteiger partial charge in [-0.3, -0.25) is 20.4 Å². The summed E-state index contributed by atoms with van der Waals surface area (Å²) in [6.07, 6.45) is 0. The zero-order valence-corrected chi connectivity index (χ0v) is 16.9. The highest BCUT2D eigenvalue weighted by Gasteiger charge is 2.09. The van der Waals surface area contributed by atoms with Crippen molar-refractivity contribution in [1.82, 2.24) is 21.5 Å². The van der Waals surface area contributed by atoms with E-state index in [9.17, 15) is 9.59 Å². The van der Waals surface area contributed by atoms with Crippen LogP contribution >= 0.6 is 12.2 Å². The van der Waals surface area contributed by atoms with Crippen LogP contribution in [0.2, 0.25) is 0 Å². The Labute approximate surface area is 169 Å². The topological polar surface area (TPSA) is 91.5 Å². The van der Waals surface area contributed by atoms with Crippen LogP contribution in [0.4, 0.5) is 0 Å². The van der Waals surface area contributed by atoms with Crippen molar-refractivity contribution in [2.75, 3.05) is 13.7 Å². The second-order valence-electron chi connectivity index (χ2n) is 6.19. The van der Waals surface area contributed by atoms with Crippen LogP contribution in [0.25, 0.3) is 0 Å². The van der Waals surface area contributed by atoms with Crippen molar-refractivity contribution >= 4 is 29.1 Å². The third-order valence-electron chi connectivity index (χ3n) is 4.11. The molecule has 0 unspecified atom stereocenters. The average molecular weight is 401 g/mol. The molecular formula is C20H24N4O3S. The number of hydrazine groups is 1. The Morgan fingerprint density at radius 2 is 1.68 bits per heavy atom.